The normalized spacial score (nSPS) is 15.1. The van der Waals surface area contributed by atoms with Gasteiger partial charge in [-0.3, -0.25) is 9.59 Å². The number of benzene rings is 3. The highest BCUT2D eigenvalue weighted by atomic mass is 16.5. The largest absolute Gasteiger partial charge is 0.494 e. The standard InChI is InChI=1S/C29H27NO4/c1-4-14-33-22-12-10-21(11-13-22)26-25-27(31)24-19(3)15-18(2)16-23(24)34-28(25)29(32)30(26)17-20-8-6-5-7-9-20/h5-13,15-16,26H,4,14,17H2,1-3H3. The van der Waals surface area contributed by atoms with E-state index in [1.807, 2.05) is 80.6 Å². The van der Waals surface area contributed by atoms with Gasteiger partial charge < -0.3 is 14.1 Å². The smallest absolute Gasteiger partial charge is 0.291 e. The molecule has 0 bridgehead atoms. The zero-order valence-electron chi connectivity index (χ0n) is 19.6. The molecule has 34 heavy (non-hydrogen) atoms. The molecule has 0 fully saturated rings. The molecule has 5 nitrogen and oxygen atoms in total. The van der Waals surface area contributed by atoms with Crippen molar-refractivity contribution in [2.24, 2.45) is 0 Å². The summed E-state index contributed by atoms with van der Waals surface area (Å²) >= 11 is 0. The molecule has 0 aliphatic carbocycles. The van der Waals surface area contributed by atoms with Gasteiger partial charge in [0.05, 0.1) is 23.6 Å². The van der Waals surface area contributed by atoms with Crippen LogP contribution in [-0.2, 0) is 6.54 Å². The van der Waals surface area contributed by atoms with E-state index in [0.717, 1.165) is 34.4 Å². The highest BCUT2D eigenvalue weighted by Crippen LogP contribution is 2.40. The number of carbonyl (C=O) groups excluding carboxylic acids is 1. The second-order valence-corrected chi connectivity index (χ2v) is 8.87. The van der Waals surface area contributed by atoms with Crippen LogP contribution < -0.4 is 10.2 Å². The molecule has 1 aromatic heterocycles. The van der Waals surface area contributed by atoms with Crippen LogP contribution in [0.1, 0.15) is 57.8 Å². The van der Waals surface area contributed by atoms with Gasteiger partial charge in [0.15, 0.2) is 5.43 Å². The van der Waals surface area contributed by atoms with Crippen LogP contribution in [0.2, 0.25) is 0 Å². The Bertz CT molecular complexity index is 1420. The van der Waals surface area contributed by atoms with E-state index >= 15 is 0 Å². The Balaban J connectivity index is 1.68. The number of rotatable bonds is 6. The molecule has 1 aliphatic heterocycles. The van der Waals surface area contributed by atoms with Crippen molar-refractivity contribution in [3.63, 3.8) is 0 Å². The van der Waals surface area contributed by atoms with Crippen molar-refractivity contribution in [1.29, 1.82) is 0 Å². The van der Waals surface area contributed by atoms with Crippen molar-refractivity contribution in [3.8, 4) is 5.75 Å². The summed E-state index contributed by atoms with van der Waals surface area (Å²) in [7, 11) is 0. The lowest BCUT2D eigenvalue weighted by Crippen LogP contribution is -2.29. The number of ether oxygens (including phenoxy) is 1. The van der Waals surface area contributed by atoms with E-state index in [4.69, 9.17) is 9.15 Å². The SMILES string of the molecule is CCCOc1ccc(C2c3c(oc4cc(C)cc(C)c4c3=O)C(=O)N2Cc2ccccc2)cc1. The molecule has 1 atom stereocenters. The molecule has 0 saturated heterocycles. The molecule has 0 N–H and O–H groups in total. The maximum atomic E-state index is 13.8. The van der Waals surface area contributed by atoms with Gasteiger partial charge in [-0.05, 0) is 60.7 Å². The van der Waals surface area contributed by atoms with Gasteiger partial charge in [-0.2, -0.15) is 0 Å². The zero-order chi connectivity index (χ0) is 23.8. The number of hydrogen-bond donors (Lipinski definition) is 0. The third kappa shape index (κ3) is 3.77. The Hall–Kier alpha value is -3.86. The third-order valence-corrected chi connectivity index (χ3v) is 6.28. The summed E-state index contributed by atoms with van der Waals surface area (Å²) in [5.41, 5.74) is 4.39. The fourth-order valence-electron chi connectivity index (χ4n) is 4.77. The van der Waals surface area contributed by atoms with Gasteiger partial charge in [0.25, 0.3) is 5.91 Å². The van der Waals surface area contributed by atoms with Gasteiger partial charge in [-0.15, -0.1) is 0 Å². The summed E-state index contributed by atoms with van der Waals surface area (Å²) in [6.45, 7) is 6.93. The summed E-state index contributed by atoms with van der Waals surface area (Å²) in [5.74, 6) is 0.629. The van der Waals surface area contributed by atoms with Gasteiger partial charge in [-0.1, -0.05) is 55.5 Å². The molecule has 0 radical (unpaired) electrons. The van der Waals surface area contributed by atoms with Crippen LogP contribution in [0.4, 0.5) is 0 Å². The Kier molecular flexibility index (Phi) is 5.70. The van der Waals surface area contributed by atoms with Crippen LogP contribution in [0.25, 0.3) is 11.0 Å². The Morgan fingerprint density at radius 1 is 0.971 bits per heavy atom. The van der Waals surface area contributed by atoms with E-state index in [-0.39, 0.29) is 17.1 Å². The first kappa shape index (κ1) is 22.0. The molecule has 1 amide bonds. The van der Waals surface area contributed by atoms with Crippen LogP contribution in [0.3, 0.4) is 0 Å². The maximum Gasteiger partial charge on any atom is 0.291 e. The maximum absolute atomic E-state index is 13.8. The summed E-state index contributed by atoms with van der Waals surface area (Å²) < 4.78 is 11.9. The topological polar surface area (TPSA) is 59.8 Å². The number of amides is 1. The summed E-state index contributed by atoms with van der Waals surface area (Å²) in [5, 5.41) is 0.534. The summed E-state index contributed by atoms with van der Waals surface area (Å²) in [4.78, 5) is 29.2. The first-order chi connectivity index (χ1) is 16.5. The molecule has 5 rings (SSSR count). The molecule has 1 aliphatic rings. The van der Waals surface area contributed by atoms with Gasteiger partial charge >= 0.3 is 0 Å². The summed E-state index contributed by atoms with van der Waals surface area (Å²) in [6.07, 6.45) is 0.921. The predicted octanol–water partition coefficient (Wildman–Crippen LogP) is 5.94. The lowest BCUT2D eigenvalue weighted by Gasteiger charge is -2.25. The number of hydrogen-bond acceptors (Lipinski definition) is 4. The second-order valence-electron chi connectivity index (χ2n) is 8.87. The van der Waals surface area contributed by atoms with Crippen LogP contribution in [0.15, 0.2) is 75.9 Å². The fraction of sp³-hybridized carbons (Fsp3) is 0.241. The van der Waals surface area contributed by atoms with Crippen molar-refractivity contribution in [1.82, 2.24) is 4.90 Å². The van der Waals surface area contributed by atoms with Gasteiger partial charge in [-0.25, -0.2) is 0 Å². The van der Waals surface area contributed by atoms with Crippen LogP contribution in [-0.4, -0.2) is 17.4 Å². The fourth-order valence-corrected chi connectivity index (χ4v) is 4.77. The van der Waals surface area contributed by atoms with E-state index in [1.165, 1.54) is 0 Å². The highest BCUT2D eigenvalue weighted by molar-refractivity contribution is 5.99. The molecule has 0 saturated carbocycles. The molecule has 1 unspecified atom stereocenters. The number of nitrogens with zero attached hydrogens (tertiary/aromatic N) is 1. The Morgan fingerprint density at radius 2 is 1.71 bits per heavy atom. The van der Waals surface area contributed by atoms with Crippen LogP contribution in [0.5, 0.6) is 5.75 Å². The van der Waals surface area contributed by atoms with Crippen LogP contribution >= 0.6 is 0 Å². The van der Waals surface area contributed by atoms with Crippen molar-refractivity contribution in [2.75, 3.05) is 6.61 Å². The molecule has 2 heterocycles. The third-order valence-electron chi connectivity index (χ3n) is 6.28. The number of fused-ring (bicyclic) bond motifs is 2. The van der Waals surface area contributed by atoms with E-state index in [2.05, 4.69) is 6.92 Å². The van der Waals surface area contributed by atoms with E-state index < -0.39 is 6.04 Å². The van der Waals surface area contributed by atoms with Crippen molar-refractivity contribution < 1.29 is 13.9 Å². The van der Waals surface area contributed by atoms with Crippen LogP contribution in [0, 0.1) is 13.8 Å². The van der Waals surface area contributed by atoms with Crippen molar-refractivity contribution in [2.45, 2.75) is 39.8 Å². The lowest BCUT2D eigenvalue weighted by atomic mass is 9.96. The number of carbonyl (C=O) groups is 1. The highest BCUT2D eigenvalue weighted by Gasteiger charge is 2.42. The average molecular weight is 454 g/mol. The molecule has 3 aromatic carbocycles. The minimum absolute atomic E-state index is 0.134. The van der Waals surface area contributed by atoms with Crippen molar-refractivity contribution in [3.05, 3.63) is 111 Å². The summed E-state index contributed by atoms with van der Waals surface area (Å²) in [6, 6.07) is 20.7. The quantitative estimate of drug-likeness (QED) is 0.362. The Labute approximate surface area is 198 Å². The second kappa shape index (κ2) is 8.82. The molecule has 0 spiro atoms. The molecular formula is C29H27NO4. The predicted molar refractivity (Wildman–Crippen MR) is 132 cm³/mol. The van der Waals surface area contributed by atoms with Crippen molar-refractivity contribution >= 4 is 16.9 Å². The first-order valence-electron chi connectivity index (χ1n) is 11.6. The molecular weight excluding hydrogens is 426 g/mol. The minimum atomic E-state index is -0.538. The lowest BCUT2D eigenvalue weighted by molar-refractivity contribution is 0.0714. The minimum Gasteiger partial charge on any atom is -0.494 e. The number of aryl methyl sites for hydroxylation is 2. The van der Waals surface area contributed by atoms with Gasteiger partial charge in [0, 0.05) is 6.54 Å². The van der Waals surface area contributed by atoms with E-state index in [9.17, 15) is 9.59 Å². The van der Waals surface area contributed by atoms with Gasteiger partial charge in [0.2, 0.25) is 5.76 Å². The van der Waals surface area contributed by atoms with E-state index in [1.54, 1.807) is 4.90 Å². The molecule has 5 heteroatoms. The van der Waals surface area contributed by atoms with E-state index in [0.29, 0.717) is 29.7 Å². The monoisotopic (exact) mass is 453 g/mol. The molecule has 172 valence electrons. The molecule has 4 aromatic rings. The first-order valence-corrected chi connectivity index (χ1v) is 11.6. The zero-order valence-corrected chi connectivity index (χ0v) is 19.6. The average Bonchev–Trinajstić information content (AvgIpc) is 3.10. The van der Waals surface area contributed by atoms with Gasteiger partial charge in [0.1, 0.15) is 11.3 Å². The Morgan fingerprint density at radius 3 is 2.41 bits per heavy atom.